The Balaban J connectivity index is 2.70. The number of nitrogens with two attached hydrogens (primary N) is 1. The van der Waals surface area contributed by atoms with E-state index >= 15 is 0 Å². The van der Waals surface area contributed by atoms with Gasteiger partial charge >= 0.3 is 0 Å². The van der Waals surface area contributed by atoms with Crippen molar-refractivity contribution in [3.8, 4) is 0 Å². The van der Waals surface area contributed by atoms with Gasteiger partial charge in [0.25, 0.3) is 0 Å². The van der Waals surface area contributed by atoms with Gasteiger partial charge in [0, 0.05) is 6.04 Å². The van der Waals surface area contributed by atoms with Crippen molar-refractivity contribution in [1.29, 1.82) is 0 Å². The summed E-state index contributed by atoms with van der Waals surface area (Å²) in [5, 5.41) is 0. The fraction of sp³-hybridized carbons (Fsp3) is 0.467. The third-order valence-electron chi connectivity index (χ3n) is 3.04. The van der Waals surface area contributed by atoms with Crippen molar-refractivity contribution in [2.45, 2.75) is 45.6 Å². The predicted molar refractivity (Wildman–Crippen MR) is 71.5 cm³/mol. The van der Waals surface area contributed by atoms with Gasteiger partial charge < -0.3 is 5.73 Å². The Morgan fingerprint density at radius 1 is 1.19 bits per heavy atom. The second-order valence-electron chi connectivity index (χ2n) is 4.74. The lowest BCUT2D eigenvalue weighted by Gasteiger charge is -2.14. The van der Waals surface area contributed by atoms with Crippen molar-refractivity contribution >= 4 is 0 Å². The molecule has 0 aliphatic heterocycles. The first kappa shape index (κ1) is 13.0. The summed E-state index contributed by atoms with van der Waals surface area (Å²) >= 11 is 0. The van der Waals surface area contributed by atoms with Crippen LogP contribution >= 0.6 is 0 Å². The van der Waals surface area contributed by atoms with Crippen LogP contribution in [-0.4, -0.2) is 0 Å². The molecule has 0 saturated heterocycles. The maximum atomic E-state index is 6.14. The molecule has 0 radical (unpaired) electrons. The summed E-state index contributed by atoms with van der Waals surface area (Å²) in [5.41, 5.74) is 9.93. The molecule has 1 unspecified atom stereocenters. The van der Waals surface area contributed by atoms with Crippen molar-refractivity contribution in [1.82, 2.24) is 0 Å². The van der Waals surface area contributed by atoms with E-state index in [1.54, 1.807) is 0 Å². The van der Waals surface area contributed by atoms with E-state index in [-0.39, 0.29) is 6.04 Å². The highest BCUT2D eigenvalue weighted by Gasteiger charge is 2.07. The normalized spacial score (nSPS) is 12.8. The van der Waals surface area contributed by atoms with Gasteiger partial charge in [0.05, 0.1) is 0 Å². The Bertz CT molecular complexity index is 335. The van der Waals surface area contributed by atoms with E-state index < -0.39 is 0 Å². The Labute approximate surface area is 99.4 Å². The SMILES string of the molecule is C=C(CC)CC(N)c1ccc(C(C)C)cc1. The molecule has 16 heavy (non-hydrogen) atoms. The number of rotatable bonds is 5. The van der Waals surface area contributed by atoms with Crippen LogP contribution in [0.5, 0.6) is 0 Å². The van der Waals surface area contributed by atoms with Gasteiger partial charge in [0.2, 0.25) is 0 Å². The molecule has 0 heterocycles. The fourth-order valence-corrected chi connectivity index (χ4v) is 1.70. The van der Waals surface area contributed by atoms with Gasteiger partial charge in [-0.3, -0.25) is 0 Å². The van der Waals surface area contributed by atoms with E-state index in [1.165, 1.54) is 16.7 Å². The zero-order chi connectivity index (χ0) is 12.1. The largest absolute Gasteiger partial charge is 0.324 e. The fourth-order valence-electron chi connectivity index (χ4n) is 1.70. The molecule has 1 aromatic carbocycles. The summed E-state index contributed by atoms with van der Waals surface area (Å²) in [7, 11) is 0. The van der Waals surface area contributed by atoms with Gasteiger partial charge in [-0.25, -0.2) is 0 Å². The highest BCUT2D eigenvalue weighted by atomic mass is 14.6. The molecule has 0 bridgehead atoms. The first-order valence-corrected chi connectivity index (χ1v) is 6.06. The Hall–Kier alpha value is -1.08. The van der Waals surface area contributed by atoms with E-state index in [0.717, 1.165) is 12.8 Å². The lowest BCUT2D eigenvalue weighted by Crippen LogP contribution is -2.10. The number of hydrogen-bond donors (Lipinski definition) is 1. The molecule has 1 heteroatoms. The van der Waals surface area contributed by atoms with Crippen LogP contribution in [0.4, 0.5) is 0 Å². The molecular formula is C15H23N. The first-order valence-electron chi connectivity index (χ1n) is 6.06. The molecule has 0 amide bonds. The van der Waals surface area contributed by atoms with E-state index in [1.807, 2.05) is 0 Å². The molecule has 0 saturated carbocycles. The average Bonchev–Trinajstić information content (AvgIpc) is 2.28. The van der Waals surface area contributed by atoms with E-state index in [4.69, 9.17) is 5.73 Å². The molecule has 2 N–H and O–H groups in total. The maximum absolute atomic E-state index is 6.14. The Kier molecular flexibility index (Phi) is 4.75. The predicted octanol–water partition coefficient (Wildman–Crippen LogP) is 4.17. The van der Waals surface area contributed by atoms with Gasteiger partial charge in [-0.2, -0.15) is 0 Å². The van der Waals surface area contributed by atoms with Crippen LogP contribution in [0.2, 0.25) is 0 Å². The van der Waals surface area contributed by atoms with Gasteiger partial charge in [-0.15, -0.1) is 0 Å². The van der Waals surface area contributed by atoms with Crippen LogP contribution in [0.15, 0.2) is 36.4 Å². The van der Waals surface area contributed by atoms with Crippen LogP contribution in [0.25, 0.3) is 0 Å². The summed E-state index contributed by atoms with van der Waals surface area (Å²) in [6, 6.07) is 8.73. The first-order chi connectivity index (χ1) is 7.54. The van der Waals surface area contributed by atoms with Gasteiger partial charge in [-0.1, -0.05) is 57.2 Å². The van der Waals surface area contributed by atoms with Gasteiger partial charge in [0.1, 0.15) is 0 Å². The van der Waals surface area contributed by atoms with Crippen LogP contribution in [0.3, 0.4) is 0 Å². The third-order valence-corrected chi connectivity index (χ3v) is 3.04. The van der Waals surface area contributed by atoms with Crippen LogP contribution in [0, 0.1) is 0 Å². The lowest BCUT2D eigenvalue weighted by molar-refractivity contribution is 0.700. The molecule has 1 aromatic rings. The molecule has 0 aromatic heterocycles. The van der Waals surface area contributed by atoms with E-state index in [0.29, 0.717) is 5.92 Å². The van der Waals surface area contributed by atoms with Crippen molar-refractivity contribution in [3.63, 3.8) is 0 Å². The summed E-state index contributed by atoms with van der Waals surface area (Å²) in [6.07, 6.45) is 1.90. The summed E-state index contributed by atoms with van der Waals surface area (Å²) in [4.78, 5) is 0. The van der Waals surface area contributed by atoms with Gasteiger partial charge in [-0.05, 0) is 29.9 Å². The minimum absolute atomic E-state index is 0.0914. The monoisotopic (exact) mass is 217 g/mol. The molecule has 88 valence electrons. The van der Waals surface area contributed by atoms with E-state index in [9.17, 15) is 0 Å². The van der Waals surface area contributed by atoms with Crippen molar-refractivity contribution in [2.75, 3.05) is 0 Å². The average molecular weight is 217 g/mol. The second-order valence-corrected chi connectivity index (χ2v) is 4.74. The van der Waals surface area contributed by atoms with Crippen molar-refractivity contribution < 1.29 is 0 Å². The minimum Gasteiger partial charge on any atom is -0.324 e. The standard InChI is InChI=1S/C15H23N/c1-5-12(4)10-15(16)14-8-6-13(7-9-14)11(2)3/h6-9,11,15H,4-5,10,16H2,1-3H3. The summed E-state index contributed by atoms with van der Waals surface area (Å²) < 4.78 is 0. The number of hydrogen-bond acceptors (Lipinski definition) is 1. The van der Waals surface area contributed by atoms with E-state index in [2.05, 4.69) is 51.6 Å². The van der Waals surface area contributed by atoms with Crippen molar-refractivity contribution in [2.24, 2.45) is 5.73 Å². The smallest absolute Gasteiger partial charge is 0.0332 e. The molecule has 1 rings (SSSR count). The summed E-state index contributed by atoms with van der Waals surface area (Å²) in [5.74, 6) is 0.580. The molecule has 1 nitrogen and oxygen atoms in total. The number of benzene rings is 1. The highest BCUT2D eigenvalue weighted by molar-refractivity contribution is 5.27. The lowest BCUT2D eigenvalue weighted by atomic mass is 9.96. The van der Waals surface area contributed by atoms with Crippen molar-refractivity contribution in [3.05, 3.63) is 47.5 Å². The zero-order valence-corrected chi connectivity index (χ0v) is 10.7. The quantitative estimate of drug-likeness (QED) is 0.736. The molecular weight excluding hydrogens is 194 g/mol. The summed E-state index contributed by atoms with van der Waals surface area (Å²) in [6.45, 7) is 10.5. The van der Waals surface area contributed by atoms with Crippen LogP contribution in [-0.2, 0) is 0 Å². The zero-order valence-electron chi connectivity index (χ0n) is 10.7. The third kappa shape index (κ3) is 3.49. The second kappa shape index (κ2) is 5.86. The minimum atomic E-state index is 0.0914. The molecule has 0 fully saturated rings. The molecule has 0 spiro atoms. The maximum Gasteiger partial charge on any atom is 0.0332 e. The topological polar surface area (TPSA) is 26.0 Å². The van der Waals surface area contributed by atoms with Crippen LogP contribution in [0.1, 0.15) is 56.7 Å². The Morgan fingerprint density at radius 2 is 1.69 bits per heavy atom. The molecule has 0 aliphatic rings. The van der Waals surface area contributed by atoms with Gasteiger partial charge in [0.15, 0.2) is 0 Å². The Morgan fingerprint density at radius 3 is 2.12 bits per heavy atom. The highest BCUT2D eigenvalue weighted by Crippen LogP contribution is 2.22. The molecule has 0 aliphatic carbocycles. The molecule has 1 atom stereocenters. The van der Waals surface area contributed by atoms with Crippen LogP contribution < -0.4 is 5.73 Å².